The van der Waals surface area contributed by atoms with Gasteiger partial charge < -0.3 is 19.5 Å². The number of benzene rings is 1. The summed E-state index contributed by atoms with van der Waals surface area (Å²) in [5.74, 6) is 0.544. The Labute approximate surface area is 118 Å². The van der Waals surface area contributed by atoms with Gasteiger partial charge in [0, 0.05) is 6.07 Å². The first-order valence-electron chi connectivity index (χ1n) is 5.91. The third-order valence-electron chi connectivity index (χ3n) is 2.71. The highest BCUT2D eigenvalue weighted by atomic mass is 16.5. The van der Waals surface area contributed by atoms with Crippen LogP contribution in [0.1, 0.15) is 0 Å². The third-order valence-corrected chi connectivity index (χ3v) is 2.71. The number of hydrogen-bond donors (Lipinski definition) is 2. The zero-order valence-corrected chi connectivity index (χ0v) is 10.9. The summed E-state index contributed by atoms with van der Waals surface area (Å²) in [4.78, 5) is 4.12. The maximum atomic E-state index is 9.75. The number of aromatic nitrogens is 4. The SMILES string of the molecule is COc1ccc(-c2noc(-c3cc(O)ccc3O)n2)nn1. The van der Waals surface area contributed by atoms with Gasteiger partial charge in [-0.05, 0) is 24.3 Å². The highest BCUT2D eigenvalue weighted by Crippen LogP contribution is 2.31. The van der Waals surface area contributed by atoms with Crippen LogP contribution in [0.5, 0.6) is 17.4 Å². The van der Waals surface area contributed by atoms with Crippen LogP contribution in [0, 0.1) is 0 Å². The van der Waals surface area contributed by atoms with Crippen molar-refractivity contribution >= 4 is 0 Å². The van der Waals surface area contributed by atoms with Crippen molar-refractivity contribution < 1.29 is 19.5 Å². The smallest absolute Gasteiger partial charge is 0.262 e. The summed E-state index contributed by atoms with van der Waals surface area (Å²) in [6.45, 7) is 0. The summed E-state index contributed by atoms with van der Waals surface area (Å²) in [5.41, 5.74) is 0.626. The highest BCUT2D eigenvalue weighted by molar-refractivity contribution is 5.65. The largest absolute Gasteiger partial charge is 0.508 e. The van der Waals surface area contributed by atoms with Gasteiger partial charge in [0.15, 0.2) is 0 Å². The lowest BCUT2D eigenvalue weighted by Gasteiger charge is -1.99. The van der Waals surface area contributed by atoms with E-state index in [4.69, 9.17) is 9.26 Å². The highest BCUT2D eigenvalue weighted by Gasteiger charge is 2.15. The average Bonchev–Trinajstić information content (AvgIpc) is 2.99. The molecule has 0 saturated heterocycles. The maximum absolute atomic E-state index is 9.75. The van der Waals surface area contributed by atoms with Crippen LogP contribution in [0.3, 0.4) is 0 Å². The van der Waals surface area contributed by atoms with E-state index in [0.717, 1.165) is 0 Å². The van der Waals surface area contributed by atoms with Gasteiger partial charge in [-0.3, -0.25) is 0 Å². The molecule has 0 aliphatic rings. The van der Waals surface area contributed by atoms with Gasteiger partial charge in [0.25, 0.3) is 5.89 Å². The van der Waals surface area contributed by atoms with Crippen molar-refractivity contribution in [3.05, 3.63) is 30.3 Å². The van der Waals surface area contributed by atoms with Gasteiger partial charge in [0.1, 0.15) is 17.2 Å². The number of phenols is 2. The van der Waals surface area contributed by atoms with Crippen LogP contribution in [0.15, 0.2) is 34.9 Å². The van der Waals surface area contributed by atoms with Gasteiger partial charge in [-0.1, -0.05) is 5.16 Å². The van der Waals surface area contributed by atoms with E-state index in [9.17, 15) is 10.2 Å². The van der Waals surface area contributed by atoms with E-state index >= 15 is 0 Å². The molecule has 106 valence electrons. The minimum atomic E-state index is -0.0798. The second-order valence-electron chi connectivity index (χ2n) is 4.09. The lowest BCUT2D eigenvalue weighted by atomic mass is 10.2. The molecule has 0 unspecified atom stereocenters. The fourth-order valence-corrected chi connectivity index (χ4v) is 1.68. The second-order valence-corrected chi connectivity index (χ2v) is 4.09. The molecule has 8 heteroatoms. The summed E-state index contributed by atoms with van der Waals surface area (Å²) in [6, 6.07) is 7.26. The van der Waals surface area contributed by atoms with Gasteiger partial charge in [-0.15, -0.1) is 10.2 Å². The first-order valence-corrected chi connectivity index (χ1v) is 5.91. The predicted molar refractivity (Wildman–Crippen MR) is 70.6 cm³/mol. The molecule has 3 rings (SSSR count). The molecule has 0 aliphatic carbocycles. The van der Waals surface area contributed by atoms with E-state index in [0.29, 0.717) is 11.6 Å². The lowest BCUT2D eigenvalue weighted by Crippen LogP contribution is -1.93. The van der Waals surface area contributed by atoms with E-state index in [1.807, 2.05) is 0 Å². The molecule has 2 heterocycles. The molecule has 0 aliphatic heterocycles. The Morgan fingerprint density at radius 1 is 1.10 bits per heavy atom. The lowest BCUT2D eigenvalue weighted by molar-refractivity contribution is 0.392. The van der Waals surface area contributed by atoms with Crippen molar-refractivity contribution in [2.24, 2.45) is 0 Å². The number of methoxy groups -OCH3 is 1. The van der Waals surface area contributed by atoms with Crippen molar-refractivity contribution in [3.63, 3.8) is 0 Å². The predicted octanol–water partition coefficient (Wildman–Crippen LogP) is 1.61. The number of ether oxygens (including phenoxy) is 1. The topological polar surface area (TPSA) is 114 Å². The number of aromatic hydroxyl groups is 2. The fraction of sp³-hybridized carbons (Fsp3) is 0.0769. The van der Waals surface area contributed by atoms with Crippen LogP contribution in [0.25, 0.3) is 23.0 Å². The molecule has 1 aromatic carbocycles. The summed E-state index contributed by atoms with van der Waals surface area (Å²) in [5, 5.41) is 30.7. The molecule has 0 bridgehead atoms. The van der Waals surface area contributed by atoms with E-state index in [1.165, 1.54) is 25.3 Å². The fourth-order valence-electron chi connectivity index (χ4n) is 1.68. The summed E-state index contributed by atoms with van der Waals surface area (Å²) >= 11 is 0. The molecule has 0 saturated carbocycles. The second kappa shape index (κ2) is 5.08. The van der Waals surface area contributed by atoms with Gasteiger partial charge >= 0.3 is 0 Å². The third kappa shape index (κ3) is 2.46. The summed E-state index contributed by atoms with van der Waals surface area (Å²) in [6.07, 6.45) is 0. The number of phenolic OH excluding ortho intramolecular Hbond substituents is 2. The Morgan fingerprint density at radius 3 is 2.67 bits per heavy atom. The van der Waals surface area contributed by atoms with Crippen LogP contribution in [0.2, 0.25) is 0 Å². The van der Waals surface area contributed by atoms with Crippen molar-refractivity contribution in [2.45, 2.75) is 0 Å². The molecule has 2 aromatic heterocycles. The van der Waals surface area contributed by atoms with Crippen LogP contribution in [-0.2, 0) is 0 Å². The Morgan fingerprint density at radius 2 is 1.95 bits per heavy atom. The summed E-state index contributed by atoms with van der Waals surface area (Å²) in [7, 11) is 1.49. The Hall–Kier alpha value is -3.16. The molecule has 21 heavy (non-hydrogen) atoms. The van der Waals surface area contributed by atoms with Crippen molar-refractivity contribution in [1.29, 1.82) is 0 Å². The molecular formula is C13H10N4O4. The molecule has 0 fully saturated rings. The molecule has 3 aromatic rings. The van der Waals surface area contributed by atoms with E-state index < -0.39 is 0 Å². The van der Waals surface area contributed by atoms with Crippen molar-refractivity contribution in [1.82, 2.24) is 20.3 Å². The standard InChI is InChI=1S/C13H10N4O4/c1-20-11-5-3-9(15-16-11)12-14-13(21-17-12)8-6-7(18)2-4-10(8)19/h2-6,18-19H,1H3. The molecule has 0 spiro atoms. The number of nitrogens with zero attached hydrogens (tertiary/aromatic N) is 4. The minimum absolute atomic E-state index is 0.0215. The van der Waals surface area contributed by atoms with Crippen LogP contribution in [0.4, 0.5) is 0 Å². The molecule has 2 N–H and O–H groups in total. The molecule has 0 amide bonds. The first kappa shape index (κ1) is 12.9. The maximum Gasteiger partial charge on any atom is 0.262 e. The number of hydrogen-bond acceptors (Lipinski definition) is 8. The molecule has 8 nitrogen and oxygen atoms in total. The summed E-state index contributed by atoms with van der Waals surface area (Å²) < 4.78 is 9.98. The Kier molecular flexibility index (Phi) is 3.11. The quantitative estimate of drug-likeness (QED) is 0.698. The van der Waals surface area contributed by atoms with Crippen molar-refractivity contribution in [2.75, 3.05) is 7.11 Å². The van der Waals surface area contributed by atoms with Gasteiger partial charge in [-0.2, -0.15) is 4.98 Å². The Bertz CT molecular complexity index is 770. The van der Waals surface area contributed by atoms with E-state index in [2.05, 4.69) is 20.3 Å². The normalized spacial score (nSPS) is 10.5. The average molecular weight is 286 g/mol. The van der Waals surface area contributed by atoms with Crippen molar-refractivity contribution in [3.8, 4) is 40.4 Å². The Balaban J connectivity index is 1.97. The first-order chi connectivity index (χ1) is 10.2. The van der Waals surface area contributed by atoms with Crippen LogP contribution < -0.4 is 4.74 Å². The van der Waals surface area contributed by atoms with Crippen LogP contribution >= 0.6 is 0 Å². The molecular weight excluding hydrogens is 276 g/mol. The molecule has 0 radical (unpaired) electrons. The van der Waals surface area contributed by atoms with E-state index in [1.54, 1.807) is 12.1 Å². The zero-order chi connectivity index (χ0) is 14.8. The van der Waals surface area contributed by atoms with E-state index in [-0.39, 0.29) is 28.8 Å². The monoisotopic (exact) mass is 286 g/mol. The minimum Gasteiger partial charge on any atom is -0.508 e. The van der Waals surface area contributed by atoms with Gasteiger partial charge in [-0.25, -0.2) is 0 Å². The van der Waals surface area contributed by atoms with Gasteiger partial charge in [0.2, 0.25) is 11.7 Å². The van der Waals surface area contributed by atoms with Gasteiger partial charge in [0.05, 0.1) is 12.7 Å². The molecule has 0 atom stereocenters. The van der Waals surface area contributed by atoms with Crippen LogP contribution in [-0.4, -0.2) is 37.7 Å². The number of rotatable bonds is 3. The zero-order valence-electron chi connectivity index (χ0n) is 10.9.